The quantitative estimate of drug-likeness (QED) is 0.160. The van der Waals surface area contributed by atoms with Crippen LogP contribution in [-0.2, 0) is 39.6 Å². The molecule has 1 aliphatic rings. The van der Waals surface area contributed by atoms with Crippen molar-refractivity contribution in [1.29, 1.82) is 0 Å². The van der Waals surface area contributed by atoms with Gasteiger partial charge in [-0.1, -0.05) is 67.0 Å². The van der Waals surface area contributed by atoms with Gasteiger partial charge in [-0.25, -0.2) is 13.1 Å². The van der Waals surface area contributed by atoms with Crippen molar-refractivity contribution in [3.05, 3.63) is 29.8 Å². The highest BCUT2D eigenvalue weighted by Crippen LogP contribution is 2.29. The molecule has 0 radical (unpaired) electrons. The molecule has 0 aromatic heterocycles. The highest BCUT2D eigenvalue weighted by atomic mass is 32.2. The number of likely N-dealkylation sites (N-methyl/N-ethyl adjacent to an activating group) is 2. The van der Waals surface area contributed by atoms with Crippen LogP contribution in [0.3, 0.4) is 0 Å². The van der Waals surface area contributed by atoms with Gasteiger partial charge in [0.05, 0.1) is 42.5 Å². The Morgan fingerprint density at radius 2 is 1.58 bits per heavy atom. The van der Waals surface area contributed by atoms with Crippen LogP contribution < -0.4 is 15.8 Å². The van der Waals surface area contributed by atoms with Crippen LogP contribution in [0.25, 0.3) is 0 Å². The number of sulfonamides is 1. The van der Waals surface area contributed by atoms with Gasteiger partial charge in [-0.05, 0) is 68.3 Å². The molecular formula is C38H68N6O7S. The summed E-state index contributed by atoms with van der Waals surface area (Å²) in [5.74, 6) is -1.07. The first kappa shape index (κ1) is 45.4. The molecule has 52 heavy (non-hydrogen) atoms. The molecule has 1 aromatic rings. The number of nitrogens with two attached hydrogens (primary N) is 1. The summed E-state index contributed by atoms with van der Waals surface area (Å²) in [5.41, 5.74) is 6.94. The van der Waals surface area contributed by atoms with E-state index < -0.39 is 40.4 Å². The molecule has 1 aliphatic heterocycles. The third kappa shape index (κ3) is 12.4. The van der Waals surface area contributed by atoms with Crippen LogP contribution in [0.5, 0.6) is 0 Å². The number of benzene rings is 1. The Morgan fingerprint density at radius 3 is 2.08 bits per heavy atom. The number of amides is 3. The fraction of sp³-hybridized carbons (Fsp3) is 0.763. The van der Waals surface area contributed by atoms with Gasteiger partial charge in [0.15, 0.2) is 0 Å². The minimum absolute atomic E-state index is 0.0113. The van der Waals surface area contributed by atoms with Crippen molar-refractivity contribution >= 4 is 33.4 Å². The minimum Gasteiger partial charge on any atom is -0.399 e. The van der Waals surface area contributed by atoms with Crippen molar-refractivity contribution in [2.75, 3.05) is 54.2 Å². The summed E-state index contributed by atoms with van der Waals surface area (Å²) in [4.78, 5) is 47.1. The average molecular weight is 753 g/mol. The van der Waals surface area contributed by atoms with Crippen molar-refractivity contribution in [2.45, 2.75) is 116 Å². The number of hydrogen-bond acceptors (Lipinski definition) is 9. The Morgan fingerprint density at radius 1 is 0.962 bits per heavy atom. The van der Waals surface area contributed by atoms with Crippen molar-refractivity contribution in [1.82, 2.24) is 24.7 Å². The van der Waals surface area contributed by atoms with E-state index in [1.807, 2.05) is 72.4 Å². The highest BCUT2D eigenvalue weighted by molar-refractivity contribution is 7.88. The minimum atomic E-state index is -3.62. The number of carbonyl (C=O) groups is 3. The maximum atomic E-state index is 14.2. The second-order valence-corrected chi connectivity index (χ2v) is 17.3. The predicted molar refractivity (Wildman–Crippen MR) is 207 cm³/mol. The molecule has 1 saturated heterocycles. The number of anilines is 1. The lowest BCUT2D eigenvalue weighted by Crippen LogP contribution is -2.59. The molecule has 13 nitrogen and oxygen atoms in total. The van der Waals surface area contributed by atoms with Gasteiger partial charge in [0.25, 0.3) is 0 Å². The average Bonchev–Trinajstić information content (AvgIpc) is 3.56. The normalized spacial score (nSPS) is 19.3. The molecular weight excluding hydrogens is 685 g/mol. The van der Waals surface area contributed by atoms with Crippen molar-refractivity contribution in [3.63, 3.8) is 0 Å². The highest BCUT2D eigenvalue weighted by Gasteiger charge is 2.42. The largest absolute Gasteiger partial charge is 0.399 e. The molecule has 0 spiro atoms. The summed E-state index contributed by atoms with van der Waals surface area (Å²) in [7, 11) is 4.98. The lowest BCUT2D eigenvalue weighted by molar-refractivity contribution is -0.147. The van der Waals surface area contributed by atoms with Gasteiger partial charge >= 0.3 is 0 Å². The Bertz CT molecular complexity index is 1380. The third-order valence-electron chi connectivity index (χ3n) is 10.6. The molecule has 8 atom stereocenters. The van der Waals surface area contributed by atoms with E-state index in [0.29, 0.717) is 17.8 Å². The smallest absolute Gasteiger partial charge is 0.245 e. The van der Waals surface area contributed by atoms with Crippen molar-refractivity contribution in [3.8, 4) is 0 Å². The van der Waals surface area contributed by atoms with E-state index in [1.54, 1.807) is 50.4 Å². The Labute approximate surface area is 313 Å². The predicted octanol–water partition coefficient (Wildman–Crippen LogP) is 3.34. The standard InChI is InChI=1S/C38H68N6O7S/c1-13-26(6)35(43(10)38(47)33(24(2)3)41-37(46)34(25(4)5)42(8)9)31(50-11)21-32(45)44-20-14-15-30(44)36(51-12)27(7)22-40-52(48,49)23-28-16-18-29(39)19-17-28/h16-19,24-27,30-31,33-36,40H,13-15,20-23,39H2,1-12H3,(H,41,46)/t26-,27-,30-,31+,33-,34-,35-,36+/m0/s1. The number of methoxy groups -OCH3 is 2. The van der Waals surface area contributed by atoms with E-state index in [9.17, 15) is 22.8 Å². The maximum Gasteiger partial charge on any atom is 0.245 e. The van der Waals surface area contributed by atoms with E-state index in [-0.39, 0.29) is 66.2 Å². The molecule has 3 amide bonds. The SMILES string of the molecule is CC[C@H](C)[C@@H]([C@@H](CC(=O)N1CCC[C@H]1[C@H](OC)[C@@H](C)CNS(=O)(=O)Cc1ccc(N)cc1)OC)N(C)C(=O)[C@@H](NC(=O)[C@H](C(C)C)N(C)C)C(C)C. The van der Waals surface area contributed by atoms with Crippen LogP contribution in [0.1, 0.15) is 79.7 Å². The number of nitrogens with zero attached hydrogens (tertiary/aromatic N) is 3. The molecule has 1 fully saturated rings. The number of rotatable bonds is 21. The lowest BCUT2D eigenvalue weighted by Gasteiger charge is -2.41. The van der Waals surface area contributed by atoms with Crippen molar-refractivity contribution in [2.24, 2.45) is 23.7 Å². The fourth-order valence-corrected chi connectivity index (χ4v) is 8.85. The molecule has 0 saturated carbocycles. The summed E-state index contributed by atoms with van der Waals surface area (Å²) < 4.78 is 40.5. The van der Waals surface area contributed by atoms with E-state index >= 15 is 0 Å². The van der Waals surface area contributed by atoms with Crippen LogP contribution in [0.4, 0.5) is 5.69 Å². The van der Waals surface area contributed by atoms with Gasteiger partial charge in [-0.2, -0.15) is 0 Å². The van der Waals surface area contributed by atoms with Gasteiger partial charge in [0, 0.05) is 40.0 Å². The molecule has 0 bridgehead atoms. The second-order valence-electron chi connectivity index (χ2n) is 15.5. The second kappa shape index (κ2) is 20.6. The zero-order valence-electron chi connectivity index (χ0n) is 33.7. The van der Waals surface area contributed by atoms with Gasteiger partial charge < -0.3 is 30.3 Å². The Hall–Kier alpha value is -2.78. The van der Waals surface area contributed by atoms with Crippen molar-refractivity contribution < 1.29 is 32.3 Å². The van der Waals surface area contributed by atoms with Gasteiger partial charge in [-0.3, -0.25) is 19.3 Å². The van der Waals surface area contributed by atoms with E-state index in [0.717, 1.165) is 19.3 Å². The van der Waals surface area contributed by atoms with Gasteiger partial charge in [0.2, 0.25) is 27.7 Å². The number of nitrogens with one attached hydrogen (secondary N) is 2. The summed E-state index contributed by atoms with van der Waals surface area (Å²) >= 11 is 0. The van der Waals surface area contributed by atoms with Crippen LogP contribution in [0.2, 0.25) is 0 Å². The first-order valence-electron chi connectivity index (χ1n) is 18.7. The van der Waals surface area contributed by atoms with Crippen LogP contribution in [-0.4, -0.2) is 126 Å². The van der Waals surface area contributed by atoms with Gasteiger partial charge in [-0.15, -0.1) is 0 Å². The molecule has 14 heteroatoms. The van der Waals surface area contributed by atoms with Gasteiger partial charge in [0.1, 0.15) is 6.04 Å². The molecule has 1 heterocycles. The van der Waals surface area contributed by atoms with Crippen LogP contribution in [0, 0.1) is 23.7 Å². The summed E-state index contributed by atoms with van der Waals surface area (Å²) in [6, 6.07) is 4.90. The molecule has 298 valence electrons. The van der Waals surface area contributed by atoms with Crippen LogP contribution in [0.15, 0.2) is 24.3 Å². The topological polar surface area (TPSA) is 164 Å². The molecule has 2 rings (SSSR count). The Balaban J connectivity index is 2.22. The molecule has 4 N–H and O–H groups in total. The molecule has 0 aliphatic carbocycles. The van der Waals surface area contributed by atoms with Crippen LogP contribution >= 0.6 is 0 Å². The van der Waals surface area contributed by atoms with E-state index in [1.165, 1.54) is 0 Å². The summed E-state index contributed by atoms with van der Waals surface area (Å²) in [6.45, 7) is 14.5. The number of nitrogen functional groups attached to an aromatic ring is 1. The number of carbonyl (C=O) groups excluding carboxylic acids is 3. The molecule has 1 aromatic carbocycles. The van der Waals surface area contributed by atoms with E-state index in [2.05, 4.69) is 10.0 Å². The number of ether oxygens (including phenoxy) is 2. The maximum absolute atomic E-state index is 14.2. The zero-order chi connectivity index (χ0) is 39.5. The number of likely N-dealkylation sites (tertiary alicyclic amines) is 1. The Kier molecular flexibility index (Phi) is 18.0. The summed E-state index contributed by atoms with van der Waals surface area (Å²) in [6.07, 6.45) is 1.29. The summed E-state index contributed by atoms with van der Waals surface area (Å²) in [5, 5.41) is 3.03. The van der Waals surface area contributed by atoms with E-state index in [4.69, 9.17) is 15.2 Å². The zero-order valence-corrected chi connectivity index (χ0v) is 34.5. The third-order valence-corrected chi connectivity index (χ3v) is 11.9. The lowest BCUT2D eigenvalue weighted by atomic mass is 9.89. The monoisotopic (exact) mass is 752 g/mol. The molecule has 0 unspecified atom stereocenters. The first-order valence-corrected chi connectivity index (χ1v) is 20.3. The fourth-order valence-electron chi connectivity index (χ4n) is 7.60. The first-order chi connectivity index (χ1) is 24.3. The number of hydrogen-bond donors (Lipinski definition) is 3.